The van der Waals surface area contributed by atoms with Crippen LogP contribution in [0.2, 0.25) is 0 Å². The van der Waals surface area contributed by atoms with Gasteiger partial charge in [0, 0.05) is 6.54 Å². The van der Waals surface area contributed by atoms with Crippen LogP contribution in [-0.4, -0.2) is 23.7 Å². The molecule has 1 aliphatic carbocycles. The molecule has 1 aliphatic rings. The Morgan fingerprint density at radius 2 is 2.24 bits per heavy atom. The van der Waals surface area contributed by atoms with Gasteiger partial charge >= 0.3 is 0 Å². The first-order valence-corrected chi connectivity index (χ1v) is 7.49. The fourth-order valence-electron chi connectivity index (χ4n) is 2.23. The summed E-state index contributed by atoms with van der Waals surface area (Å²) in [6, 6.07) is 3.64. The van der Waals surface area contributed by atoms with Crippen molar-refractivity contribution in [3.05, 3.63) is 20.8 Å². The number of amides is 1. The number of thiophene rings is 1. The molecule has 1 aromatic rings. The number of hydrogen-bond donors (Lipinski definition) is 2. The van der Waals surface area contributed by atoms with Gasteiger partial charge in [0.1, 0.15) is 0 Å². The molecule has 0 bridgehead atoms. The Labute approximate surface area is 113 Å². The summed E-state index contributed by atoms with van der Waals surface area (Å²) in [5.74, 6) is 0.267. The van der Waals surface area contributed by atoms with Crippen LogP contribution in [0.3, 0.4) is 0 Å². The van der Waals surface area contributed by atoms with Crippen molar-refractivity contribution in [3.63, 3.8) is 0 Å². The van der Waals surface area contributed by atoms with Gasteiger partial charge in [0.15, 0.2) is 0 Å². The topological polar surface area (TPSA) is 49.3 Å². The van der Waals surface area contributed by atoms with Gasteiger partial charge < -0.3 is 10.4 Å². The SMILES string of the molecule is O=C(NCC(O)C1CCCC1)c1ccc(Br)s1. The molecule has 0 aromatic carbocycles. The number of rotatable bonds is 4. The molecule has 1 heterocycles. The van der Waals surface area contributed by atoms with Gasteiger partial charge in [-0.25, -0.2) is 0 Å². The van der Waals surface area contributed by atoms with E-state index in [-0.39, 0.29) is 5.91 Å². The average Bonchev–Trinajstić information content (AvgIpc) is 2.95. The predicted molar refractivity (Wildman–Crippen MR) is 72.3 cm³/mol. The molecular formula is C12H16BrNO2S. The van der Waals surface area contributed by atoms with Crippen LogP contribution >= 0.6 is 27.3 Å². The van der Waals surface area contributed by atoms with Crippen molar-refractivity contribution >= 4 is 33.2 Å². The molecule has 0 aliphatic heterocycles. The lowest BCUT2D eigenvalue weighted by molar-refractivity contribution is 0.0844. The van der Waals surface area contributed by atoms with Crippen LogP contribution in [0.25, 0.3) is 0 Å². The van der Waals surface area contributed by atoms with Gasteiger partial charge in [-0.1, -0.05) is 12.8 Å². The third-order valence-electron chi connectivity index (χ3n) is 3.21. The van der Waals surface area contributed by atoms with E-state index in [1.165, 1.54) is 24.2 Å². The molecule has 2 rings (SSSR count). The Morgan fingerprint density at radius 1 is 1.53 bits per heavy atom. The van der Waals surface area contributed by atoms with Crippen LogP contribution in [0, 0.1) is 5.92 Å². The molecule has 1 aromatic heterocycles. The molecule has 0 saturated heterocycles. The summed E-state index contributed by atoms with van der Waals surface area (Å²) < 4.78 is 0.944. The normalized spacial score (nSPS) is 18.2. The number of halogens is 1. The maximum Gasteiger partial charge on any atom is 0.261 e. The fourth-order valence-corrected chi connectivity index (χ4v) is 3.53. The number of aliphatic hydroxyl groups is 1. The molecular weight excluding hydrogens is 302 g/mol. The second-order valence-electron chi connectivity index (χ2n) is 4.43. The second kappa shape index (κ2) is 5.98. The van der Waals surface area contributed by atoms with Crippen LogP contribution in [0.1, 0.15) is 35.4 Å². The van der Waals surface area contributed by atoms with E-state index >= 15 is 0 Å². The van der Waals surface area contributed by atoms with Gasteiger partial charge in [0.05, 0.1) is 14.8 Å². The van der Waals surface area contributed by atoms with Crippen LogP contribution in [0.4, 0.5) is 0 Å². The summed E-state index contributed by atoms with van der Waals surface area (Å²) in [7, 11) is 0. The van der Waals surface area contributed by atoms with Crippen molar-refractivity contribution in [1.29, 1.82) is 0 Å². The van der Waals surface area contributed by atoms with Crippen molar-refractivity contribution in [2.24, 2.45) is 5.92 Å². The highest BCUT2D eigenvalue weighted by Crippen LogP contribution is 2.27. The third kappa shape index (κ3) is 3.53. The predicted octanol–water partition coefficient (Wildman–Crippen LogP) is 2.79. The molecule has 1 saturated carbocycles. The number of carbonyl (C=O) groups is 1. The Balaban J connectivity index is 1.79. The summed E-state index contributed by atoms with van der Waals surface area (Å²) in [5, 5.41) is 12.7. The Morgan fingerprint density at radius 3 is 2.82 bits per heavy atom. The second-order valence-corrected chi connectivity index (χ2v) is 6.89. The van der Waals surface area contributed by atoms with Crippen LogP contribution in [0.15, 0.2) is 15.9 Å². The molecule has 3 nitrogen and oxygen atoms in total. The molecule has 94 valence electrons. The minimum absolute atomic E-state index is 0.0993. The Bertz CT molecular complexity index is 388. The molecule has 0 radical (unpaired) electrons. The molecule has 1 amide bonds. The quantitative estimate of drug-likeness (QED) is 0.897. The number of carbonyl (C=O) groups excluding carboxylic acids is 1. The molecule has 2 N–H and O–H groups in total. The first-order valence-electron chi connectivity index (χ1n) is 5.88. The van der Waals surface area contributed by atoms with Gasteiger partial charge in [0.25, 0.3) is 5.91 Å². The third-order valence-corrected chi connectivity index (χ3v) is 4.84. The standard InChI is InChI=1S/C12H16BrNO2S/c13-11-6-5-10(17-11)12(16)14-7-9(15)8-3-1-2-4-8/h5-6,8-9,15H,1-4,7H2,(H,14,16). The number of aliphatic hydroxyl groups excluding tert-OH is 1. The van der Waals surface area contributed by atoms with Gasteiger partial charge in [-0.2, -0.15) is 0 Å². The van der Waals surface area contributed by atoms with Gasteiger partial charge in [-0.15, -0.1) is 11.3 Å². The minimum Gasteiger partial charge on any atom is -0.391 e. The van der Waals surface area contributed by atoms with E-state index < -0.39 is 6.10 Å². The number of hydrogen-bond acceptors (Lipinski definition) is 3. The van der Waals surface area contributed by atoms with Gasteiger partial charge in [0.2, 0.25) is 0 Å². The summed E-state index contributed by atoms with van der Waals surface area (Å²) in [4.78, 5) is 12.4. The Hall–Kier alpha value is -0.390. The van der Waals surface area contributed by atoms with E-state index in [0.717, 1.165) is 16.6 Å². The molecule has 17 heavy (non-hydrogen) atoms. The molecule has 0 spiro atoms. The fraction of sp³-hybridized carbons (Fsp3) is 0.583. The highest BCUT2D eigenvalue weighted by Gasteiger charge is 2.23. The number of nitrogens with one attached hydrogen (secondary N) is 1. The summed E-state index contributed by atoms with van der Waals surface area (Å²) in [5.41, 5.74) is 0. The van der Waals surface area contributed by atoms with Gasteiger partial charge in [-0.3, -0.25) is 4.79 Å². The zero-order valence-electron chi connectivity index (χ0n) is 9.49. The van der Waals surface area contributed by atoms with Gasteiger partial charge in [-0.05, 0) is 46.8 Å². The minimum atomic E-state index is -0.398. The van der Waals surface area contributed by atoms with Crippen molar-refractivity contribution < 1.29 is 9.90 Å². The monoisotopic (exact) mass is 317 g/mol. The van der Waals surface area contributed by atoms with Crippen LogP contribution < -0.4 is 5.32 Å². The molecule has 1 unspecified atom stereocenters. The summed E-state index contributed by atoms with van der Waals surface area (Å²) >= 11 is 4.73. The van der Waals surface area contributed by atoms with Crippen molar-refractivity contribution in [3.8, 4) is 0 Å². The van der Waals surface area contributed by atoms with E-state index in [1.807, 2.05) is 6.07 Å². The first kappa shape index (κ1) is 13.1. The first-order chi connectivity index (χ1) is 8.16. The zero-order valence-corrected chi connectivity index (χ0v) is 11.9. The van der Waals surface area contributed by atoms with E-state index in [4.69, 9.17) is 0 Å². The molecule has 1 atom stereocenters. The summed E-state index contributed by atoms with van der Waals surface area (Å²) in [6.07, 6.45) is 4.18. The summed E-state index contributed by atoms with van der Waals surface area (Å²) in [6.45, 7) is 0.360. The molecule has 5 heteroatoms. The lowest BCUT2D eigenvalue weighted by Gasteiger charge is -2.17. The average molecular weight is 318 g/mol. The largest absolute Gasteiger partial charge is 0.391 e. The highest BCUT2D eigenvalue weighted by atomic mass is 79.9. The van der Waals surface area contributed by atoms with E-state index in [1.54, 1.807) is 6.07 Å². The van der Waals surface area contributed by atoms with Crippen molar-refractivity contribution in [2.75, 3.05) is 6.54 Å². The zero-order chi connectivity index (χ0) is 12.3. The maximum absolute atomic E-state index is 11.7. The van der Waals surface area contributed by atoms with Crippen LogP contribution in [0.5, 0.6) is 0 Å². The van der Waals surface area contributed by atoms with Crippen molar-refractivity contribution in [2.45, 2.75) is 31.8 Å². The maximum atomic E-state index is 11.7. The smallest absolute Gasteiger partial charge is 0.261 e. The van der Waals surface area contributed by atoms with E-state index in [9.17, 15) is 9.90 Å². The lowest BCUT2D eigenvalue weighted by atomic mass is 10.0. The highest BCUT2D eigenvalue weighted by molar-refractivity contribution is 9.11. The Kier molecular flexibility index (Phi) is 4.59. The van der Waals surface area contributed by atoms with E-state index in [0.29, 0.717) is 17.3 Å². The van der Waals surface area contributed by atoms with Crippen LogP contribution in [-0.2, 0) is 0 Å². The molecule has 1 fully saturated rings. The lowest BCUT2D eigenvalue weighted by Crippen LogP contribution is -2.35. The van der Waals surface area contributed by atoms with E-state index in [2.05, 4.69) is 21.2 Å². The van der Waals surface area contributed by atoms with Crippen molar-refractivity contribution in [1.82, 2.24) is 5.32 Å².